The number of anilines is 1. The van der Waals surface area contributed by atoms with Gasteiger partial charge in [-0.1, -0.05) is 28.1 Å². The number of carbonyl (C=O) groups is 2. The van der Waals surface area contributed by atoms with Gasteiger partial charge >= 0.3 is 5.97 Å². The van der Waals surface area contributed by atoms with Crippen molar-refractivity contribution >= 4 is 44.5 Å². The molecule has 1 aliphatic heterocycles. The van der Waals surface area contributed by atoms with Crippen molar-refractivity contribution in [3.8, 4) is 5.75 Å². The van der Waals surface area contributed by atoms with Crippen LogP contribution in [-0.2, 0) is 4.74 Å². The number of fused-ring (bicyclic) bond motifs is 2. The van der Waals surface area contributed by atoms with Gasteiger partial charge in [0.05, 0.1) is 36.3 Å². The smallest absolute Gasteiger partial charge is 0.337 e. The van der Waals surface area contributed by atoms with Gasteiger partial charge in [0.2, 0.25) is 5.76 Å². The van der Waals surface area contributed by atoms with Crippen molar-refractivity contribution in [1.82, 2.24) is 0 Å². The number of ether oxygens (including phenoxy) is 2. The SMILES string of the molecule is CCOc1ccc(N2C(=O)c3oc4ccc(Br)cc4c(=O)c3C2c2ccc(C(=O)OC)cc2)cc1. The zero-order valence-electron chi connectivity index (χ0n) is 18.9. The van der Waals surface area contributed by atoms with Crippen molar-refractivity contribution in [1.29, 1.82) is 0 Å². The minimum Gasteiger partial charge on any atom is -0.494 e. The van der Waals surface area contributed by atoms with Gasteiger partial charge in [0.1, 0.15) is 11.3 Å². The molecule has 35 heavy (non-hydrogen) atoms. The highest BCUT2D eigenvalue weighted by atomic mass is 79.9. The summed E-state index contributed by atoms with van der Waals surface area (Å²) in [6, 6.07) is 18.1. The number of hydrogen-bond acceptors (Lipinski definition) is 6. The second kappa shape index (κ2) is 9.03. The fourth-order valence-electron chi connectivity index (χ4n) is 4.32. The minimum atomic E-state index is -0.748. The summed E-state index contributed by atoms with van der Waals surface area (Å²) in [4.78, 5) is 40.8. The van der Waals surface area contributed by atoms with E-state index < -0.39 is 17.9 Å². The second-order valence-electron chi connectivity index (χ2n) is 7.93. The summed E-state index contributed by atoms with van der Waals surface area (Å²) in [6.07, 6.45) is 0. The number of carbonyl (C=O) groups excluding carboxylic acids is 2. The molecule has 7 nitrogen and oxygen atoms in total. The van der Waals surface area contributed by atoms with Gasteiger partial charge in [0, 0.05) is 10.2 Å². The molecule has 0 radical (unpaired) electrons. The fourth-order valence-corrected chi connectivity index (χ4v) is 4.68. The van der Waals surface area contributed by atoms with Crippen LogP contribution in [0.2, 0.25) is 0 Å². The Hall–Kier alpha value is -3.91. The van der Waals surface area contributed by atoms with E-state index in [1.807, 2.05) is 6.92 Å². The zero-order valence-corrected chi connectivity index (χ0v) is 20.5. The van der Waals surface area contributed by atoms with E-state index in [0.29, 0.717) is 40.1 Å². The predicted octanol–water partition coefficient (Wildman–Crippen LogP) is 5.49. The topological polar surface area (TPSA) is 86.0 Å². The number of nitrogens with zero attached hydrogens (tertiary/aromatic N) is 1. The lowest BCUT2D eigenvalue weighted by atomic mass is 9.97. The average Bonchev–Trinajstić information content (AvgIpc) is 3.17. The van der Waals surface area contributed by atoms with E-state index in [1.165, 1.54) is 12.0 Å². The maximum Gasteiger partial charge on any atom is 0.337 e. The summed E-state index contributed by atoms with van der Waals surface area (Å²) in [5.41, 5.74) is 1.89. The Bertz CT molecular complexity index is 1510. The van der Waals surface area contributed by atoms with Crippen molar-refractivity contribution in [3.63, 3.8) is 0 Å². The highest BCUT2D eigenvalue weighted by Gasteiger charge is 2.43. The van der Waals surface area contributed by atoms with Gasteiger partial charge in [-0.2, -0.15) is 0 Å². The first-order chi connectivity index (χ1) is 16.9. The van der Waals surface area contributed by atoms with E-state index in [2.05, 4.69) is 15.9 Å². The molecule has 2 heterocycles. The molecule has 1 amide bonds. The molecule has 1 unspecified atom stereocenters. The van der Waals surface area contributed by atoms with Crippen molar-refractivity contribution in [2.45, 2.75) is 13.0 Å². The van der Waals surface area contributed by atoms with Crippen LogP contribution in [0.15, 0.2) is 80.4 Å². The Morgan fingerprint density at radius 3 is 2.40 bits per heavy atom. The Morgan fingerprint density at radius 1 is 1.03 bits per heavy atom. The van der Waals surface area contributed by atoms with Crippen LogP contribution < -0.4 is 15.1 Å². The Labute approximate surface area is 209 Å². The molecule has 1 aromatic heterocycles. The predicted molar refractivity (Wildman–Crippen MR) is 134 cm³/mol. The molecular weight excluding hydrogens is 514 g/mol. The molecule has 5 rings (SSSR count). The monoisotopic (exact) mass is 533 g/mol. The maximum atomic E-state index is 13.7. The highest BCUT2D eigenvalue weighted by molar-refractivity contribution is 9.10. The van der Waals surface area contributed by atoms with Crippen LogP contribution in [0.1, 0.15) is 45.0 Å². The molecule has 0 spiro atoms. The Balaban J connectivity index is 1.71. The number of benzene rings is 3. The van der Waals surface area contributed by atoms with Crippen molar-refractivity contribution in [2.24, 2.45) is 0 Å². The number of halogens is 1. The normalized spacial score (nSPS) is 14.8. The molecule has 4 aromatic rings. The molecule has 0 bridgehead atoms. The quantitative estimate of drug-likeness (QED) is 0.315. The van der Waals surface area contributed by atoms with Gasteiger partial charge in [0.15, 0.2) is 5.43 Å². The molecular formula is C27H20BrNO6. The zero-order chi connectivity index (χ0) is 24.7. The molecule has 0 N–H and O–H groups in total. The van der Waals surface area contributed by atoms with Crippen LogP contribution >= 0.6 is 15.9 Å². The van der Waals surface area contributed by atoms with Gasteiger partial charge in [-0.25, -0.2) is 4.79 Å². The van der Waals surface area contributed by atoms with E-state index in [0.717, 1.165) is 4.47 Å². The lowest BCUT2D eigenvalue weighted by Gasteiger charge is -2.25. The van der Waals surface area contributed by atoms with Crippen LogP contribution in [0.5, 0.6) is 5.75 Å². The third kappa shape index (κ3) is 3.89. The van der Waals surface area contributed by atoms with E-state index in [4.69, 9.17) is 13.9 Å². The van der Waals surface area contributed by atoms with Gasteiger partial charge in [-0.3, -0.25) is 14.5 Å². The number of amides is 1. The summed E-state index contributed by atoms with van der Waals surface area (Å²) in [7, 11) is 1.31. The lowest BCUT2D eigenvalue weighted by Crippen LogP contribution is -2.29. The maximum absolute atomic E-state index is 13.7. The first-order valence-corrected chi connectivity index (χ1v) is 11.7. The lowest BCUT2D eigenvalue weighted by molar-refractivity contribution is 0.0600. The van der Waals surface area contributed by atoms with E-state index in [1.54, 1.807) is 66.7 Å². The molecule has 0 saturated heterocycles. The third-order valence-corrected chi connectivity index (χ3v) is 6.40. The van der Waals surface area contributed by atoms with Crippen molar-refractivity contribution in [2.75, 3.05) is 18.6 Å². The Morgan fingerprint density at radius 2 is 1.74 bits per heavy atom. The van der Waals surface area contributed by atoms with Gasteiger partial charge in [-0.15, -0.1) is 0 Å². The number of esters is 1. The van der Waals surface area contributed by atoms with Crippen molar-refractivity contribution < 1.29 is 23.5 Å². The molecule has 176 valence electrons. The van der Waals surface area contributed by atoms with Gasteiger partial charge in [0.25, 0.3) is 5.91 Å². The standard InChI is InChI=1S/C27H20BrNO6/c1-3-34-19-11-9-18(10-12-19)29-23(15-4-6-16(7-5-15)27(32)33-2)22-24(30)20-14-17(28)8-13-21(20)35-25(22)26(29)31/h4-14,23H,3H2,1-2H3. The molecule has 0 fully saturated rings. The first-order valence-electron chi connectivity index (χ1n) is 10.9. The molecule has 1 atom stereocenters. The van der Waals surface area contributed by atoms with Crippen LogP contribution in [0.3, 0.4) is 0 Å². The number of hydrogen-bond donors (Lipinski definition) is 0. The van der Waals surface area contributed by atoms with E-state index >= 15 is 0 Å². The molecule has 0 saturated carbocycles. The highest BCUT2D eigenvalue weighted by Crippen LogP contribution is 2.41. The molecule has 8 heteroatoms. The van der Waals surface area contributed by atoms with E-state index in [9.17, 15) is 14.4 Å². The van der Waals surface area contributed by atoms with Crippen LogP contribution in [0, 0.1) is 0 Å². The summed E-state index contributed by atoms with van der Waals surface area (Å²) >= 11 is 3.40. The largest absolute Gasteiger partial charge is 0.494 e. The summed E-state index contributed by atoms with van der Waals surface area (Å²) in [5, 5.41) is 0.371. The van der Waals surface area contributed by atoms with Gasteiger partial charge in [-0.05, 0) is 67.1 Å². The third-order valence-electron chi connectivity index (χ3n) is 5.91. The van der Waals surface area contributed by atoms with Crippen LogP contribution in [0.25, 0.3) is 11.0 Å². The van der Waals surface area contributed by atoms with Crippen molar-refractivity contribution in [3.05, 3.63) is 104 Å². The average molecular weight is 534 g/mol. The molecule has 3 aromatic carbocycles. The van der Waals surface area contributed by atoms with Crippen LogP contribution in [0.4, 0.5) is 5.69 Å². The summed E-state index contributed by atoms with van der Waals surface area (Å²) in [5.74, 6) is -0.226. The second-order valence-corrected chi connectivity index (χ2v) is 8.85. The number of rotatable bonds is 5. The van der Waals surface area contributed by atoms with Gasteiger partial charge < -0.3 is 13.9 Å². The minimum absolute atomic E-state index is 0.000696. The van der Waals surface area contributed by atoms with E-state index in [-0.39, 0.29) is 16.8 Å². The fraction of sp³-hybridized carbons (Fsp3) is 0.148. The van der Waals surface area contributed by atoms with Crippen LogP contribution in [-0.4, -0.2) is 25.6 Å². The summed E-state index contributed by atoms with van der Waals surface area (Å²) < 4.78 is 17.0. The number of methoxy groups -OCH3 is 1. The first kappa shape index (κ1) is 22.9. The molecule has 1 aliphatic rings. The Kier molecular flexibility index (Phi) is 5.90. The summed E-state index contributed by atoms with van der Waals surface area (Å²) in [6.45, 7) is 2.41. The molecule has 0 aliphatic carbocycles.